The summed E-state index contributed by atoms with van der Waals surface area (Å²) in [4.78, 5) is 202. The van der Waals surface area contributed by atoms with Gasteiger partial charge in [0.2, 0.25) is 0 Å². The lowest BCUT2D eigenvalue weighted by Gasteiger charge is -2.24. The highest BCUT2D eigenvalue weighted by molar-refractivity contribution is 7.52. The lowest BCUT2D eigenvalue weighted by Crippen LogP contribution is -2.41. The van der Waals surface area contributed by atoms with Gasteiger partial charge < -0.3 is 123 Å². The highest BCUT2D eigenvalue weighted by Gasteiger charge is 2.32. The molecular formula is C97H172N9O35P. The lowest BCUT2D eigenvalue weighted by atomic mass is 10.0. The van der Waals surface area contributed by atoms with E-state index in [1.165, 1.54) is 77.8 Å². The van der Waals surface area contributed by atoms with Crippen LogP contribution in [0.2, 0.25) is 0 Å². The summed E-state index contributed by atoms with van der Waals surface area (Å²) in [6.07, 6.45) is 6.30. The molecule has 10 atom stereocenters. The minimum atomic E-state index is -3.65. The number of likely N-dealkylation sites (N-methyl/N-ethyl adjacent to an activating group) is 7. The van der Waals surface area contributed by atoms with Crippen molar-refractivity contribution in [3.05, 3.63) is 71.3 Å². The predicted octanol–water partition coefficient (Wildman–Crippen LogP) is 6.94. The molecule has 45 heteroatoms. The fraction of sp³-hybridized carbons (Fsp3) is 0.701. The molecule has 44 nitrogen and oxygen atoms in total. The van der Waals surface area contributed by atoms with Gasteiger partial charge in [-0.25, -0.2) is 0 Å². The largest absolute Gasteiger partial charge is 0.480 e. The molecule has 0 saturated heterocycles. The summed E-state index contributed by atoms with van der Waals surface area (Å²) in [6.45, 7) is 27.0. The zero-order valence-corrected chi connectivity index (χ0v) is 91.4. The molecule has 0 spiro atoms. The first-order chi connectivity index (χ1) is 65.8. The van der Waals surface area contributed by atoms with Crippen LogP contribution in [0.3, 0.4) is 0 Å². The number of nitrogens with one attached hydrogen (secondary N) is 7. The van der Waals surface area contributed by atoms with Crippen LogP contribution in [0.25, 0.3) is 0 Å². The molecule has 10 unspecified atom stereocenters. The first-order valence-corrected chi connectivity index (χ1v) is 47.7. The standard InChI is InChI=1S/C20H26NO5P.2C12H23NO4.2C11H21NO4.C10H19NO4.C8H15NO4.C7H13NO3.C6H11NO3/c1-21-19(20(22)25-2)14-17-10-8-16(9-11-17)12-13-27(23,24)26-15-18-6-4-3-5-7-18;1-12(2,3)17-10(14)8-7-9(13(4)5)11(15)16-6;1-4-5-8-17-11(14)7-6-10(13-2)9-12(15)16-3;1-11(2,3)16-9(13)7-8(12(4)5)10(14)15-6;1-11(2,3)16-10(14)7-8(12-4)6-9(13)15-5;1-10(2,3)15-9(13)7(11-4)6-8(12)14-5;1-9-6(8(11)13-3)4-5-7(10)12-2;1-5(9)3-4-6(8-2)7(10)11;1-4(8)3-5(7-2)6(9)10/h3-11,19,21H,12-15H2,1-2H3,(H,23,24);9H,7-8H2,1-6H3;10,13H,4-9H2,1-3H3;8H,7H2,1-6H3;8,12H,6-7H2,1-5H3;7,11H,6H2,1-5H3;6,9H,4-5H2,1-3H3;6,8H,3-4H2,1-2H3,(H,10,11);5,7H,3H2,1-2H3,(H,9,10). The van der Waals surface area contributed by atoms with Crippen molar-refractivity contribution in [1.82, 2.24) is 47.0 Å². The number of carboxylic acids is 2. The fourth-order valence-corrected chi connectivity index (χ4v) is 11.8. The number of aliphatic carboxylic acids is 2. The van der Waals surface area contributed by atoms with Crippen LogP contribution in [0.5, 0.6) is 0 Å². The molecule has 0 fully saturated rings. The van der Waals surface area contributed by atoms with E-state index in [0.29, 0.717) is 58.0 Å². The van der Waals surface area contributed by atoms with Crippen molar-refractivity contribution in [2.75, 3.05) is 147 Å². The number of hydrogen-bond donors (Lipinski definition) is 10. The molecule has 2 aromatic rings. The van der Waals surface area contributed by atoms with Gasteiger partial charge in [0.1, 0.15) is 76.3 Å². The number of benzene rings is 2. The van der Waals surface area contributed by atoms with E-state index in [0.717, 1.165) is 29.5 Å². The number of methoxy groups -OCH3 is 8. The van der Waals surface area contributed by atoms with E-state index in [2.05, 4.69) is 70.4 Å². The van der Waals surface area contributed by atoms with Gasteiger partial charge >= 0.3 is 97.1 Å². The van der Waals surface area contributed by atoms with Gasteiger partial charge in [-0.3, -0.25) is 91.1 Å². The first kappa shape index (κ1) is 145. The molecule has 0 aromatic heterocycles. The molecule has 2 aromatic carbocycles. The number of hydrogen-bond acceptors (Lipinski definition) is 41. The number of rotatable bonds is 51. The smallest absolute Gasteiger partial charge is 0.328 e. The number of carbonyl (C=O) groups excluding carboxylic acids is 15. The summed E-state index contributed by atoms with van der Waals surface area (Å²) < 4.78 is 79.6. The molecule has 820 valence electrons. The molecule has 0 saturated carbocycles. The number of esters is 13. The van der Waals surface area contributed by atoms with E-state index in [-0.39, 0.29) is 142 Å². The minimum absolute atomic E-state index is 0.00303. The van der Waals surface area contributed by atoms with Gasteiger partial charge in [-0.05, 0) is 236 Å². The molecule has 142 heavy (non-hydrogen) atoms. The molecular weight excluding hydrogens is 1880 g/mol. The Balaban J connectivity index is -0.000000293. The Bertz CT molecular complexity index is 4000. The summed E-state index contributed by atoms with van der Waals surface area (Å²) in [7, 11) is 25.4. The number of unbranched alkanes of at least 4 members (excludes halogenated alkanes) is 1. The third-order valence-electron chi connectivity index (χ3n) is 18.6. The van der Waals surface area contributed by atoms with Crippen molar-refractivity contribution in [3.8, 4) is 0 Å². The van der Waals surface area contributed by atoms with E-state index in [4.69, 9.17) is 43.2 Å². The Morgan fingerprint density at radius 3 is 1.12 bits per heavy atom. The van der Waals surface area contributed by atoms with Crippen molar-refractivity contribution in [2.45, 2.75) is 303 Å². The zero-order chi connectivity index (χ0) is 111. The second-order valence-electron chi connectivity index (χ2n) is 35.8. The molecule has 0 aliphatic carbocycles. The van der Waals surface area contributed by atoms with Crippen LogP contribution < -0.4 is 37.2 Å². The molecule has 10 N–H and O–H groups in total. The topological polar surface area (TPSA) is 588 Å². The van der Waals surface area contributed by atoms with Crippen molar-refractivity contribution in [1.29, 1.82) is 0 Å². The summed E-state index contributed by atoms with van der Waals surface area (Å²) in [5.41, 5.74) is 0.704. The Kier molecular flexibility index (Phi) is 83.5. The van der Waals surface area contributed by atoms with Crippen LogP contribution in [0.4, 0.5) is 0 Å². The summed E-state index contributed by atoms with van der Waals surface area (Å²) >= 11 is 0. The number of ketones is 2. The quantitative estimate of drug-likeness (QED) is 0.0139. The second-order valence-corrected chi connectivity index (χ2v) is 37.7. The molecule has 2 rings (SSSR count). The van der Waals surface area contributed by atoms with Gasteiger partial charge in [0.15, 0.2) is 0 Å². The Hall–Kier alpha value is -10.4. The maximum absolute atomic E-state index is 12.2. The Labute approximate surface area is 840 Å². The predicted molar refractivity (Wildman–Crippen MR) is 531 cm³/mol. The average Bonchev–Trinajstić information content (AvgIpc) is 0.874. The summed E-state index contributed by atoms with van der Waals surface area (Å²) in [6, 6.07) is 12.8. The molecule has 0 bridgehead atoms. The summed E-state index contributed by atoms with van der Waals surface area (Å²) in [5, 5.41) is 36.3. The molecule has 0 heterocycles. The van der Waals surface area contributed by atoms with Crippen molar-refractivity contribution >= 4 is 109 Å². The van der Waals surface area contributed by atoms with Crippen LogP contribution in [0.1, 0.15) is 223 Å². The van der Waals surface area contributed by atoms with Crippen molar-refractivity contribution < 1.29 is 167 Å². The van der Waals surface area contributed by atoms with E-state index in [9.17, 15) is 91.0 Å². The molecule has 0 radical (unpaired) electrons. The monoisotopic (exact) mass is 2050 g/mol. The number of carboxylic acid groups (broad SMARTS) is 2. The number of carbonyl (C=O) groups is 17. The van der Waals surface area contributed by atoms with E-state index < -0.39 is 108 Å². The van der Waals surface area contributed by atoms with Gasteiger partial charge in [-0.2, -0.15) is 0 Å². The third kappa shape index (κ3) is 85.2. The SMILES string of the molecule is CCCCOC(=O)CCC(CC(=O)OC)NC.CNC(CC(=O)OC)C(=O)OC(C)(C)C.CNC(CC(=O)OC)CC(=O)OC(C)(C)C.CNC(CC(C)=O)C(=O)O.CNC(CCC(=O)OC)C(=O)OC.CNC(CCC(C)=O)C(=O)O.CNC(Cc1ccc(CCP(=O)(O)OCc2ccccc2)cc1)C(=O)OC.COC(=O)C(CC(=O)OC(C)(C)C)N(C)C.COC(=O)C(CCC(=O)OC(C)(C)C)N(C)C. The van der Waals surface area contributed by atoms with Crippen molar-refractivity contribution in [2.24, 2.45) is 0 Å². The van der Waals surface area contributed by atoms with Crippen LogP contribution in [-0.2, 0) is 172 Å². The molecule has 0 amide bonds. The van der Waals surface area contributed by atoms with E-state index in [1.807, 2.05) is 82.3 Å². The maximum atomic E-state index is 12.2. The van der Waals surface area contributed by atoms with Gasteiger partial charge in [0, 0.05) is 44.2 Å². The first-order valence-electron chi connectivity index (χ1n) is 46.0. The Morgan fingerprint density at radius 2 is 0.739 bits per heavy atom. The van der Waals surface area contributed by atoms with E-state index in [1.54, 1.807) is 143 Å². The number of aryl methyl sites for hydroxylation is 1. The number of ether oxygens (including phenoxy) is 13. The minimum Gasteiger partial charge on any atom is -0.480 e. The average molecular weight is 2060 g/mol. The van der Waals surface area contributed by atoms with E-state index >= 15 is 0 Å². The van der Waals surface area contributed by atoms with Crippen molar-refractivity contribution in [3.63, 3.8) is 0 Å². The van der Waals surface area contributed by atoms with Gasteiger partial charge in [-0.15, -0.1) is 0 Å². The van der Waals surface area contributed by atoms with Crippen LogP contribution in [-0.4, -0.2) is 350 Å². The fourth-order valence-electron chi connectivity index (χ4n) is 10.8. The third-order valence-corrected chi connectivity index (χ3v) is 19.9. The highest BCUT2D eigenvalue weighted by atomic mass is 31.2. The van der Waals surface area contributed by atoms with Gasteiger partial charge in [0.05, 0.1) is 108 Å². The molecule has 0 aliphatic rings. The lowest BCUT2D eigenvalue weighted by molar-refractivity contribution is -0.161. The van der Waals surface area contributed by atoms with Gasteiger partial charge in [-0.1, -0.05) is 67.9 Å². The molecule has 0 aliphatic heterocycles. The summed E-state index contributed by atoms with van der Waals surface area (Å²) in [5.74, 6) is -6.52. The van der Waals surface area contributed by atoms with Crippen LogP contribution >= 0.6 is 7.60 Å². The van der Waals surface area contributed by atoms with Gasteiger partial charge in [0.25, 0.3) is 0 Å². The maximum Gasteiger partial charge on any atom is 0.328 e. The number of Topliss-reactive ketones (excluding diaryl/α,β-unsaturated/α-hetero) is 2. The highest BCUT2D eigenvalue weighted by Crippen LogP contribution is 2.43. The second kappa shape index (κ2) is 82.0. The van der Waals surface area contributed by atoms with Crippen LogP contribution in [0, 0.1) is 0 Å². The zero-order valence-electron chi connectivity index (χ0n) is 90.5. The Morgan fingerprint density at radius 1 is 0.359 bits per heavy atom. The number of nitrogens with zero attached hydrogens (tertiary/aromatic N) is 2. The van der Waals surface area contributed by atoms with Crippen LogP contribution in [0.15, 0.2) is 54.6 Å². The normalized spacial score (nSPS) is 13.1.